The largest absolute Gasteiger partial charge is 0.318 e. The lowest BCUT2D eigenvalue weighted by Crippen LogP contribution is -2.07. The van der Waals surface area contributed by atoms with Crippen LogP contribution in [0.4, 0.5) is 0 Å². The minimum Gasteiger partial charge on any atom is -0.318 e. The van der Waals surface area contributed by atoms with E-state index in [1.807, 2.05) is 24.4 Å². The van der Waals surface area contributed by atoms with Crippen LogP contribution >= 0.6 is 0 Å². The van der Waals surface area contributed by atoms with Gasteiger partial charge >= 0.3 is 0 Å². The lowest BCUT2D eigenvalue weighted by atomic mass is 10.1. The van der Waals surface area contributed by atoms with E-state index in [0.29, 0.717) is 11.9 Å². The fourth-order valence-corrected chi connectivity index (χ4v) is 2.15. The van der Waals surface area contributed by atoms with E-state index in [2.05, 4.69) is 21.7 Å². The Morgan fingerprint density at radius 2 is 2.00 bits per heavy atom. The standard InChI is InChI=1S/C14H14N2O/c1-10(17)14-15-9-13(16(14)12-7-8-12)11-5-3-2-4-6-11/h2-6,9,12H,7-8H2,1H3. The van der Waals surface area contributed by atoms with Gasteiger partial charge in [-0.2, -0.15) is 0 Å². The number of nitrogens with zero attached hydrogens (tertiary/aromatic N) is 2. The second kappa shape index (κ2) is 3.84. The van der Waals surface area contributed by atoms with Crippen molar-refractivity contribution in [1.82, 2.24) is 9.55 Å². The first kappa shape index (κ1) is 10.3. The van der Waals surface area contributed by atoms with Crippen molar-refractivity contribution in [3.63, 3.8) is 0 Å². The summed E-state index contributed by atoms with van der Waals surface area (Å²) < 4.78 is 2.09. The van der Waals surface area contributed by atoms with Crippen LogP contribution in [0.15, 0.2) is 36.5 Å². The van der Waals surface area contributed by atoms with E-state index >= 15 is 0 Å². The average Bonchev–Trinajstić information content (AvgIpc) is 3.08. The number of hydrogen-bond acceptors (Lipinski definition) is 2. The van der Waals surface area contributed by atoms with Gasteiger partial charge in [0.1, 0.15) is 0 Å². The molecule has 1 fully saturated rings. The number of imidazole rings is 1. The highest BCUT2D eigenvalue weighted by atomic mass is 16.1. The number of benzene rings is 1. The third-order valence-electron chi connectivity index (χ3n) is 3.09. The Balaban J connectivity index is 2.14. The highest BCUT2D eigenvalue weighted by Gasteiger charge is 2.29. The Bertz CT molecular complexity index is 553. The summed E-state index contributed by atoms with van der Waals surface area (Å²) >= 11 is 0. The maximum atomic E-state index is 11.6. The van der Waals surface area contributed by atoms with Crippen molar-refractivity contribution in [3.8, 4) is 11.3 Å². The van der Waals surface area contributed by atoms with Crippen LogP contribution < -0.4 is 0 Å². The fraction of sp³-hybridized carbons (Fsp3) is 0.286. The molecule has 1 aliphatic rings. The van der Waals surface area contributed by atoms with E-state index < -0.39 is 0 Å². The van der Waals surface area contributed by atoms with E-state index in [9.17, 15) is 4.79 Å². The number of ketones is 1. The van der Waals surface area contributed by atoms with Crippen molar-refractivity contribution in [2.24, 2.45) is 0 Å². The van der Waals surface area contributed by atoms with E-state index in [0.717, 1.165) is 24.1 Å². The fourth-order valence-electron chi connectivity index (χ4n) is 2.15. The van der Waals surface area contributed by atoms with Crippen molar-refractivity contribution in [3.05, 3.63) is 42.4 Å². The molecule has 0 spiro atoms. The molecule has 0 radical (unpaired) electrons. The van der Waals surface area contributed by atoms with Crippen molar-refractivity contribution in [1.29, 1.82) is 0 Å². The molecule has 0 bridgehead atoms. The van der Waals surface area contributed by atoms with E-state index in [1.54, 1.807) is 6.92 Å². The molecule has 1 saturated carbocycles. The van der Waals surface area contributed by atoms with Gasteiger partial charge in [0.25, 0.3) is 0 Å². The van der Waals surface area contributed by atoms with E-state index in [1.165, 1.54) is 0 Å². The third kappa shape index (κ3) is 1.78. The first-order valence-electron chi connectivity index (χ1n) is 5.91. The van der Waals surface area contributed by atoms with Crippen LogP contribution in [0, 0.1) is 0 Å². The first-order valence-corrected chi connectivity index (χ1v) is 5.91. The monoisotopic (exact) mass is 226 g/mol. The number of Topliss-reactive ketones (excluding diaryl/α,β-unsaturated/α-hetero) is 1. The lowest BCUT2D eigenvalue weighted by molar-refractivity contribution is 0.0999. The zero-order chi connectivity index (χ0) is 11.8. The second-order valence-electron chi connectivity index (χ2n) is 4.49. The Kier molecular flexibility index (Phi) is 2.32. The third-order valence-corrected chi connectivity index (χ3v) is 3.09. The van der Waals surface area contributed by atoms with Crippen LogP contribution in [0.25, 0.3) is 11.3 Å². The Morgan fingerprint density at radius 3 is 2.59 bits per heavy atom. The maximum absolute atomic E-state index is 11.6. The average molecular weight is 226 g/mol. The minimum absolute atomic E-state index is 0.0408. The van der Waals surface area contributed by atoms with Crippen LogP contribution in [-0.4, -0.2) is 15.3 Å². The number of hydrogen-bond donors (Lipinski definition) is 0. The van der Waals surface area contributed by atoms with Crippen molar-refractivity contribution in [2.75, 3.05) is 0 Å². The smallest absolute Gasteiger partial charge is 0.195 e. The van der Waals surface area contributed by atoms with Gasteiger partial charge in [-0.05, 0) is 18.4 Å². The lowest BCUT2D eigenvalue weighted by Gasteiger charge is -2.09. The highest BCUT2D eigenvalue weighted by Crippen LogP contribution is 2.39. The summed E-state index contributed by atoms with van der Waals surface area (Å²) in [6, 6.07) is 10.6. The van der Waals surface area contributed by atoms with Crippen LogP contribution in [0.3, 0.4) is 0 Å². The summed E-state index contributed by atoms with van der Waals surface area (Å²) in [5.74, 6) is 0.630. The molecule has 17 heavy (non-hydrogen) atoms. The van der Waals surface area contributed by atoms with Crippen LogP contribution in [0.2, 0.25) is 0 Å². The van der Waals surface area contributed by atoms with Gasteiger partial charge in [0.15, 0.2) is 11.6 Å². The van der Waals surface area contributed by atoms with E-state index in [4.69, 9.17) is 0 Å². The quantitative estimate of drug-likeness (QED) is 0.754. The zero-order valence-corrected chi connectivity index (χ0v) is 9.76. The molecule has 3 nitrogen and oxygen atoms in total. The topological polar surface area (TPSA) is 34.9 Å². The van der Waals surface area contributed by atoms with Crippen LogP contribution in [0.1, 0.15) is 36.4 Å². The van der Waals surface area contributed by atoms with Gasteiger partial charge in [-0.15, -0.1) is 0 Å². The minimum atomic E-state index is 0.0408. The summed E-state index contributed by atoms with van der Waals surface area (Å²) in [6.45, 7) is 1.58. The molecule has 0 amide bonds. The van der Waals surface area contributed by atoms with Gasteiger partial charge in [0, 0.05) is 13.0 Å². The first-order chi connectivity index (χ1) is 8.27. The van der Waals surface area contributed by atoms with Crippen molar-refractivity contribution in [2.45, 2.75) is 25.8 Å². The number of carbonyl (C=O) groups is 1. The Hall–Kier alpha value is -1.90. The summed E-state index contributed by atoms with van der Waals surface area (Å²) in [7, 11) is 0. The molecular formula is C14H14N2O. The molecule has 1 heterocycles. The summed E-state index contributed by atoms with van der Waals surface area (Å²) in [6.07, 6.45) is 4.11. The normalized spacial score (nSPS) is 14.9. The SMILES string of the molecule is CC(=O)c1ncc(-c2ccccc2)n1C1CC1. The number of rotatable bonds is 3. The van der Waals surface area contributed by atoms with Gasteiger partial charge in [0.05, 0.1) is 11.9 Å². The second-order valence-corrected chi connectivity index (χ2v) is 4.49. The van der Waals surface area contributed by atoms with Gasteiger partial charge in [-0.1, -0.05) is 30.3 Å². The van der Waals surface area contributed by atoms with Gasteiger partial charge < -0.3 is 4.57 Å². The van der Waals surface area contributed by atoms with Crippen molar-refractivity contribution >= 4 is 5.78 Å². The predicted molar refractivity (Wildman–Crippen MR) is 65.9 cm³/mol. The molecule has 0 atom stereocenters. The summed E-state index contributed by atoms with van der Waals surface area (Å²) in [5.41, 5.74) is 2.18. The van der Waals surface area contributed by atoms with Gasteiger partial charge in [0.2, 0.25) is 0 Å². The van der Waals surface area contributed by atoms with Crippen LogP contribution in [0.5, 0.6) is 0 Å². The molecule has 1 aromatic heterocycles. The highest BCUT2D eigenvalue weighted by molar-refractivity contribution is 5.91. The molecule has 1 aliphatic carbocycles. The molecule has 0 aliphatic heterocycles. The van der Waals surface area contributed by atoms with Gasteiger partial charge in [-0.3, -0.25) is 4.79 Å². The molecule has 0 unspecified atom stereocenters. The van der Waals surface area contributed by atoms with Crippen LogP contribution in [-0.2, 0) is 0 Å². The summed E-state index contributed by atoms with van der Waals surface area (Å²) in [4.78, 5) is 15.8. The van der Waals surface area contributed by atoms with Crippen molar-refractivity contribution < 1.29 is 4.79 Å². The Morgan fingerprint density at radius 1 is 1.29 bits per heavy atom. The molecule has 0 N–H and O–H groups in total. The molecule has 3 rings (SSSR count). The molecule has 86 valence electrons. The zero-order valence-electron chi connectivity index (χ0n) is 9.76. The number of carbonyl (C=O) groups excluding carboxylic acids is 1. The predicted octanol–water partition coefficient (Wildman–Crippen LogP) is 3.09. The molecule has 2 aromatic rings. The maximum Gasteiger partial charge on any atom is 0.195 e. The molecule has 0 saturated heterocycles. The molecule has 3 heteroatoms. The van der Waals surface area contributed by atoms with E-state index in [-0.39, 0.29) is 5.78 Å². The summed E-state index contributed by atoms with van der Waals surface area (Å²) in [5, 5.41) is 0. The number of aromatic nitrogens is 2. The van der Waals surface area contributed by atoms with Gasteiger partial charge in [-0.25, -0.2) is 4.98 Å². The Labute approximate surface area is 100 Å². The molecule has 1 aromatic carbocycles. The molecular weight excluding hydrogens is 212 g/mol.